The molecule has 1 aromatic heterocycles. The molecule has 102 valence electrons. The van der Waals surface area contributed by atoms with Gasteiger partial charge in [-0.25, -0.2) is 0 Å². The van der Waals surface area contributed by atoms with Crippen LogP contribution in [0.4, 0.5) is 5.69 Å². The largest absolute Gasteiger partial charge is 0.369 e. The zero-order chi connectivity index (χ0) is 13.5. The van der Waals surface area contributed by atoms with Gasteiger partial charge < -0.3 is 9.88 Å². The van der Waals surface area contributed by atoms with Crippen molar-refractivity contribution in [1.29, 1.82) is 0 Å². The van der Waals surface area contributed by atoms with Crippen molar-refractivity contribution in [2.45, 2.75) is 26.3 Å². The molecular formula is C16H23N3. The molecule has 2 heterocycles. The van der Waals surface area contributed by atoms with E-state index in [0.717, 1.165) is 26.2 Å². The molecule has 19 heavy (non-hydrogen) atoms. The van der Waals surface area contributed by atoms with E-state index in [2.05, 4.69) is 59.8 Å². The first kappa shape index (κ1) is 12.5. The van der Waals surface area contributed by atoms with Crippen molar-refractivity contribution >= 4 is 16.6 Å². The Kier molecular flexibility index (Phi) is 3.02. The van der Waals surface area contributed by atoms with Crippen LogP contribution in [-0.4, -0.2) is 41.6 Å². The number of nitrogens with one attached hydrogen (secondary N) is 1. The highest BCUT2D eigenvalue weighted by Crippen LogP contribution is 2.24. The first-order valence-electron chi connectivity index (χ1n) is 7.11. The van der Waals surface area contributed by atoms with E-state index >= 15 is 0 Å². The lowest BCUT2D eigenvalue weighted by molar-refractivity contribution is 0.128. The lowest BCUT2D eigenvalue weighted by atomic mass is 10.0. The van der Waals surface area contributed by atoms with E-state index in [-0.39, 0.29) is 5.54 Å². The second-order valence-electron chi connectivity index (χ2n) is 6.39. The van der Waals surface area contributed by atoms with Gasteiger partial charge in [-0.15, -0.1) is 0 Å². The molecule has 1 aliphatic rings. The predicted octanol–water partition coefficient (Wildman–Crippen LogP) is 3.09. The van der Waals surface area contributed by atoms with Gasteiger partial charge in [0.05, 0.1) is 0 Å². The van der Waals surface area contributed by atoms with Gasteiger partial charge in [0, 0.05) is 54.5 Å². The second-order valence-corrected chi connectivity index (χ2v) is 6.39. The fourth-order valence-electron chi connectivity index (χ4n) is 2.87. The summed E-state index contributed by atoms with van der Waals surface area (Å²) < 4.78 is 0. The standard InChI is InChI=1S/C16H23N3/c1-16(2,3)19-10-8-18(9-11-19)14-4-5-15-13(12-14)6-7-17-15/h4-7,12,17H,8-11H2,1-3H3. The fourth-order valence-corrected chi connectivity index (χ4v) is 2.87. The minimum absolute atomic E-state index is 0.288. The molecule has 3 nitrogen and oxygen atoms in total. The van der Waals surface area contributed by atoms with E-state index in [1.165, 1.54) is 16.6 Å². The van der Waals surface area contributed by atoms with Crippen LogP contribution in [0.2, 0.25) is 0 Å². The lowest BCUT2D eigenvalue weighted by Crippen LogP contribution is -2.53. The predicted molar refractivity (Wildman–Crippen MR) is 81.8 cm³/mol. The molecule has 3 heteroatoms. The maximum atomic E-state index is 3.25. The van der Waals surface area contributed by atoms with Gasteiger partial charge in [0.25, 0.3) is 0 Å². The van der Waals surface area contributed by atoms with Gasteiger partial charge in [-0.1, -0.05) is 0 Å². The highest BCUT2D eigenvalue weighted by atomic mass is 15.3. The van der Waals surface area contributed by atoms with Gasteiger partial charge in [-0.05, 0) is 45.0 Å². The summed E-state index contributed by atoms with van der Waals surface area (Å²) in [7, 11) is 0. The molecule has 0 bridgehead atoms. The summed E-state index contributed by atoms with van der Waals surface area (Å²) in [4.78, 5) is 8.31. The normalized spacial score (nSPS) is 18.2. The van der Waals surface area contributed by atoms with Gasteiger partial charge in [0.15, 0.2) is 0 Å². The summed E-state index contributed by atoms with van der Waals surface area (Å²) in [6, 6.07) is 8.84. The highest BCUT2D eigenvalue weighted by molar-refractivity contribution is 5.83. The molecule has 1 aliphatic heterocycles. The van der Waals surface area contributed by atoms with Crippen LogP contribution in [0.1, 0.15) is 20.8 Å². The van der Waals surface area contributed by atoms with Crippen LogP contribution in [0.3, 0.4) is 0 Å². The van der Waals surface area contributed by atoms with Gasteiger partial charge >= 0.3 is 0 Å². The molecule has 3 rings (SSSR count). The Labute approximate surface area is 115 Å². The average molecular weight is 257 g/mol. The smallest absolute Gasteiger partial charge is 0.0455 e. The molecule has 2 aromatic rings. The SMILES string of the molecule is CC(C)(C)N1CCN(c2ccc3[nH]ccc3c2)CC1. The average Bonchev–Trinajstić information content (AvgIpc) is 2.85. The third kappa shape index (κ3) is 2.47. The molecular weight excluding hydrogens is 234 g/mol. The van der Waals surface area contributed by atoms with E-state index in [9.17, 15) is 0 Å². The van der Waals surface area contributed by atoms with Crippen LogP contribution < -0.4 is 4.90 Å². The van der Waals surface area contributed by atoms with Crippen LogP contribution >= 0.6 is 0 Å². The molecule has 0 spiro atoms. The quantitative estimate of drug-likeness (QED) is 0.848. The molecule has 1 saturated heterocycles. The van der Waals surface area contributed by atoms with Crippen molar-refractivity contribution < 1.29 is 0 Å². The zero-order valence-electron chi connectivity index (χ0n) is 12.1. The lowest BCUT2D eigenvalue weighted by Gasteiger charge is -2.43. The maximum Gasteiger partial charge on any atom is 0.0455 e. The zero-order valence-corrected chi connectivity index (χ0v) is 12.1. The van der Waals surface area contributed by atoms with Crippen molar-refractivity contribution in [3.05, 3.63) is 30.5 Å². The monoisotopic (exact) mass is 257 g/mol. The van der Waals surface area contributed by atoms with Crippen LogP contribution in [0.25, 0.3) is 10.9 Å². The summed E-state index contributed by atoms with van der Waals surface area (Å²) in [5.41, 5.74) is 2.86. The molecule has 0 atom stereocenters. The number of nitrogens with zero attached hydrogens (tertiary/aromatic N) is 2. The van der Waals surface area contributed by atoms with E-state index in [4.69, 9.17) is 0 Å². The van der Waals surface area contributed by atoms with Crippen LogP contribution in [0, 0.1) is 0 Å². The molecule has 0 amide bonds. The molecule has 0 aliphatic carbocycles. The summed E-state index contributed by atoms with van der Waals surface area (Å²) in [6.45, 7) is 11.4. The summed E-state index contributed by atoms with van der Waals surface area (Å²) in [6.07, 6.45) is 2.01. The first-order valence-corrected chi connectivity index (χ1v) is 7.11. The summed E-state index contributed by atoms with van der Waals surface area (Å²) >= 11 is 0. The van der Waals surface area contributed by atoms with Gasteiger partial charge in [0.1, 0.15) is 0 Å². The molecule has 1 fully saturated rings. The fraction of sp³-hybridized carbons (Fsp3) is 0.500. The Bertz CT molecular complexity index is 557. The van der Waals surface area contributed by atoms with E-state index in [1.54, 1.807) is 0 Å². The maximum absolute atomic E-state index is 3.25. The Morgan fingerprint density at radius 2 is 1.74 bits per heavy atom. The van der Waals surface area contributed by atoms with Gasteiger partial charge in [-0.2, -0.15) is 0 Å². The number of aromatic nitrogens is 1. The number of fused-ring (bicyclic) bond motifs is 1. The molecule has 0 saturated carbocycles. The van der Waals surface area contributed by atoms with Crippen LogP contribution in [-0.2, 0) is 0 Å². The van der Waals surface area contributed by atoms with Crippen molar-refractivity contribution in [2.75, 3.05) is 31.1 Å². The minimum Gasteiger partial charge on any atom is -0.369 e. The summed E-state index contributed by atoms with van der Waals surface area (Å²) in [5, 5.41) is 1.30. The Hall–Kier alpha value is -1.48. The number of hydrogen-bond donors (Lipinski definition) is 1. The van der Waals surface area contributed by atoms with Crippen molar-refractivity contribution in [1.82, 2.24) is 9.88 Å². The number of anilines is 1. The van der Waals surface area contributed by atoms with Crippen molar-refractivity contribution in [3.63, 3.8) is 0 Å². The van der Waals surface area contributed by atoms with Gasteiger partial charge in [0.2, 0.25) is 0 Å². The van der Waals surface area contributed by atoms with Crippen molar-refractivity contribution in [3.8, 4) is 0 Å². The Balaban J connectivity index is 1.74. The molecule has 1 aromatic carbocycles. The number of hydrogen-bond acceptors (Lipinski definition) is 2. The number of rotatable bonds is 1. The summed E-state index contributed by atoms with van der Waals surface area (Å²) in [5.74, 6) is 0. The first-order chi connectivity index (χ1) is 9.04. The molecule has 0 radical (unpaired) electrons. The number of piperazine rings is 1. The topological polar surface area (TPSA) is 22.3 Å². The Morgan fingerprint density at radius 1 is 1.00 bits per heavy atom. The van der Waals surface area contributed by atoms with Gasteiger partial charge in [-0.3, -0.25) is 4.90 Å². The number of aromatic amines is 1. The van der Waals surface area contributed by atoms with Crippen LogP contribution in [0.5, 0.6) is 0 Å². The van der Waals surface area contributed by atoms with Crippen molar-refractivity contribution in [2.24, 2.45) is 0 Å². The van der Waals surface area contributed by atoms with Crippen LogP contribution in [0.15, 0.2) is 30.5 Å². The Morgan fingerprint density at radius 3 is 2.42 bits per heavy atom. The molecule has 1 N–H and O–H groups in total. The van der Waals surface area contributed by atoms with E-state index < -0.39 is 0 Å². The highest BCUT2D eigenvalue weighted by Gasteiger charge is 2.25. The minimum atomic E-state index is 0.288. The number of benzene rings is 1. The number of H-pyrrole nitrogens is 1. The molecule has 0 unspecified atom stereocenters. The third-order valence-corrected chi connectivity index (χ3v) is 4.13. The van der Waals surface area contributed by atoms with E-state index in [1.807, 2.05) is 6.20 Å². The second kappa shape index (κ2) is 4.57. The third-order valence-electron chi connectivity index (χ3n) is 4.13. The van der Waals surface area contributed by atoms with E-state index in [0.29, 0.717) is 0 Å².